The van der Waals surface area contributed by atoms with Gasteiger partial charge in [-0.25, -0.2) is 0 Å². The molecule has 0 saturated carbocycles. The number of hydrogen-bond acceptors (Lipinski definition) is 1. The Morgan fingerprint density at radius 1 is 1.00 bits per heavy atom. The maximum atomic E-state index is 5.76. The van der Waals surface area contributed by atoms with Gasteiger partial charge in [-0.3, -0.25) is 0 Å². The van der Waals surface area contributed by atoms with E-state index in [4.69, 9.17) is 5.73 Å². The number of hydrogen-bond donors (Lipinski definition) is 1. The quantitative estimate of drug-likeness (QED) is 0.660. The highest BCUT2D eigenvalue weighted by Crippen LogP contribution is 2.32. The third-order valence-corrected chi connectivity index (χ3v) is 3.66. The lowest BCUT2D eigenvalue weighted by molar-refractivity contribution is 0.395. The highest BCUT2D eigenvalue weighted by molar-refractivity contribution is 5.40. The zero-order chi connectivity index (χ0) is 12.7. The van der Waals surface area contributed by atoms with Crippen LogP contribution >= 0.6 is 0 Å². The van der Waals surface area contributed by atoms with Gasteiger partial charge < -0.3 is 5.73 Å². The van der Waals surface area contributed by atoms with Gasteiger partial charge in [-0.2, -0.15) is 0 Å². The Kier molecular flexibility index (Phi) is 6.10. The minimum Gasteiger partial charge on any atom is -0.399 e. The first-order valence-electron chi connectivity index (χ1n) is 7.04. The molecule has 0 heterocycles. The number of anilines is 1. The summed E-state index contributed by atoms with van der Waals surface area (Å²) in [6, 6.07) is 8.49. The van der Waals surface area contributed by atoms with Crippen molar-refractivity contribution in [1.29, 1.82) is 0 Å². The molecule has 1 aromatic rings. The van der Waals surface area contributed by atoms with Crippen molar-refractivity contribution in [2.24, 2.45) is 5.92 Å². The lowest BCUT2D eigenvalue weighted by Crippen LogP contribution is -2.10. The molecular weight excluding hydrogens is 206 g/mol. The smallest absolute Gasteiger partial charge is 0.0314 e. The van der Waals surface area contributed by atoms with Gasteiger partial charge in [-0.15, -0.1) is 0 Å². The van der Waals surface area contributed by atoms with Crippen molar-refractivity contribution < 1.29 is 0 Å². The van der Waals surface area contributed by atoms with E-state index in [1.165, 1.54) is 37.7 Å². The van der Waals surface area contributed by atoms with Crippen molar-refractivity contribution in [1.82, 2.24) is 0 Å². The van der Waals surface area contributed by atoms with Gasteiger partial charge in [0.2, 0.25) is 0 Å². The minimum absolute atomic E-state index is 0.704. The van der Waals surface area contributed by atoms with Gasteiger partial charge in [0.1, 0.15) is 0 Å². The second-order valence-electron chi connectivity index (χ2n) is 5.18. The van der Waals surface area contributed by atoms with E-state index >= 15 is 0 Å². The van der Waals surface area contributed by atoms with E-state index < -0.39 is 0 Å². The molecular formula is C16H27N. The van der Waals surface area contributed by atoms with E-state index in [-0.39, 0.29) is 0 Å². The van der Waals surface area contributed by atoms with Gasteiger partial charge >= 0.3 is 0 Å². The molecule has 0 bridgehead atoms. The fraction of sp³-hybridized carbons (Fsp3) is 0.625. The van der Waals surface area contributed by atoms with Crippen LogP contribution in [0.5, 0.6) is 0 Å². The zero-order valence-electron chi connectivity index (χ0n) is 11.6. The molecule has 0 saturated heterocycles. The molecule has 0 aliphatic carbocycles. The summed E-state index contributed by atoms with van der Waals surface area (Å²) in [5, 5.41) is 0. The van der Waals surface area contributed by atoms with Crippen LogP contribution in [0.3, 0.4) is 0 Å². The second-order valence-corrected chi connectivity index (χ2v) is 5.18. The molecule has 2 atom stereocenters. The molecule has 0 aliphatic rings. The highest BCUT2D eigenvalue weighted by atomic mass is 14.5. The van der Waals surface area contributed by atoms with Crippen molar-refractivity contribution in [3.63, 3.8) is 0 Å². The van der Waals surface area contributed by atoms with Crippen LogP contribution in [0.25, 0.3) is 0 Å². The Bertz CT molecular complexity index is 302. The van der Waals surface area contributed by atoms with Crippen molar-refractivity contribution in [2.75, 3.05) is 5.73 Å². The molecule has 1 rings (SSSR count). The van der Waals surface area contributed by atoms with Gasteiger partial charge in [0, 0.05) is 5.69 Å². The fourth-order valence-corrected chi connectivity index (χ4v) is 2.60. The Balaban J connectivity index is 2.77. The molecule has 2 N–H and O–H groups in total. The van der Waals surface area contributed by atoms with Crippen molar-refractivity contribution in [2.45, 2.75) is 58.8 Å². The molecule has 1 heteroatoms. The molecule has 0 radical (unpaired) electrons. The Labute approximate surface area is 106 Å². The Hall–Kier alpha value is -0.980. The summed E-state index contributed by atoms with van der Waals surface area (Å²) in [5.74, 6) is 1.48. The maximum absolute atomic E-state index is 5.76. The van der Waals surface area contributed by atoms with E-state index in [9.17, 15) is 0 Å². The van der Waals surface area contributed by atoms with E-state index in [1.54, 1.807) is 0 Å². The maximum Gasteiger partial charge on any atom is 0.0314 e. The number of nitrogen functional groups attached to an aromatic ring is 1. The average molecular weight is 233 g/mol. The molecule has 0 amide bonds. The number of unbranched alkanes of at least 4 members (excludes halogenated alkanes) is 1. The van der Waals surface area contributed by atoms with Crippen LogP contribution in [0, 0.1) is 5.92 Å². The summed E-state index contributed by atoms with van der Waals surface area (Å²) in [4.78, 5) is 0. The van der Waals surface area contributed by atoms with Crippen LogP contribution < -0.4 is 5.73 Å². The molecule has 17 heavy (non-hydrogen) atoms. The Morgan fingerprint density at radius 2 is 1.65 bits per heavy atom. The van der Waals surface area contributed by atoms with Gasteiger partial charge in [-0.1, -0.05) is 58.6 Å². The summed E-state index contributed by atoms with van der Waals surface area (Å²) in [7, 11) is 0. The second kappa shape index (κ2) is 7.37. The van der Waals surface area contributed by atoms with Crippen LogP contribution in [-0.2, 0) is 0 Å². The zero-order valence-corrected chi connectivity index (χ0v) is 11.6. The first-order valence-corrected chi connectivity index (χ1v) is 7.04. The van der Waals surface area contributed by atoms with Crippen molar-refractivity contribution >= 4 is 5.69 Å². The molecule has 96 valence electrons. The summed E-state index contributed by atoms with van der Waals surface area (Å²) in [5.41, 5.74) is 8.09. The van der Waals surface area contributed by atoms with E-state index in [0.29, 0.717) is 5.92 Å². The predicted molar refractivity (Wildman–Crippen MR) is 77.2 cm³/mol. The lowest BCUT2D eigenvalue weighted by Gasteiger charge is -2.24. The third kappa shape index (κ3) is 4.41. The van der Waals surface area contributed by atoms with Crippen LogP contribution in [0.15, 0.2) is 24.3 Å². The largest absolute Gasteiger partial charge is 0.399 e. The SMILES string of the molecule is CCCCC(c1ccc(N)cc1)C(C)CCC. The molecule has 1 nitrogen and oxygen atoms in total. The average Bonchev–Trinajstić information content (AvgIpc) is 2.32. The van der Waals surface area contributed by atoms with Crippen LogP contribution in [-0.4, -0.2) is 0 Å². The Morgan fingerprint density at radius 3 is 2.18 bits per heavy atom. The highest BCUT2D eigenvalue weighted by Gasteiger charge is 2.17. The van der Waals surface area contributed by atoms with E-state index in [2.05, 4.69) is 32.9 Å². The van der Waals surface area contributed by atoms with Gasteiger partial charge in [0.25, 0.3) is 0 Å². The van der Waals surface area contributed by atoms with Gasteiger partial charge in [0.05, 0.1) is 0 Å². The summed E-state index contributed by atoms with van der Waals surface area (Å²) < 4.78 is 0. The summed E-state index contributed by atoms with van der Waals surface area (Å²) >= 11 is 0. The number of rotatable bonds is 7. The monoisotopic (exact) mass is 233 g/mol. The third-order valence-electron chi connectivity index (χ3n) is 3.66. The first kappa shape index (κ1) is 14.1. The fourth-order valence-electron chi connectivity index (χ4n) is 2.60. The standard InChI is InChI=1S/C16H27N/c1-4-6-8-16(13(3)7-5-2)14-9-11-15(17)12-10-14/h9-13,16H,4-8,17H2,1-3H3. The van der Waals surface area contributed by atoms with Gasteiger partial charge in [-0.05, 0) is 36.0 Å². The topological polar surface area (TPSA) is 26.0 Å². The predicted octanol–water partition coefficient (Wildman–Crippen LogP) is 4.98. The number of benzene rings is 1. The first-order chi connectivity index (χ1) is 8.19. The molecule has 2 unspecified atom stereocenters. The molecule has 0 aliphatic heterocycles. The van der Waals surface area contributed by atoms with E-state index in [0.717, 1.165) is 11.6 Å². The molecule has 0 spiro atoms. The molecule has 0 aromatic heterocycles. The molecule has 1 aromatic carbocycles. The van der Waals surface area contributed by atoms with E-state index in [1.807, 2.05) is 12.1 Å². The van der Waals surface area contributed by atoms with Gasteiger partial charge in [0.15, 0.2) is 0 Å². The van der Waals surface area contributed by atoms with Crippen molar-refractivity contribution in [3.05, 3.63) is 29.8 Å². The van der Waals surface area contributed by atoms with Crippen LogP contribution in [0.4, 0.5) is 5.69 Å². The molecule has 0 fully saturated rings. The minimum atomic E-state index is 0.704. The summed E-state index contributed by atoms with van der Waals surface area (Å²) in [6.45, 7) is 6.93. The summed E-state index contributed by atoms with van der Waals surface area (Å²) in [6.07, 6.45) is 6.51. The lowest BCUT2D eigenvalue weighted by atomic mass is 9.81. The van der Waals surface area contributed by atoms with Crippen LogP contribution in [0.1, 0.15) is 64.4 Å². The van der Waals surface area contributed by atoms with Crippen LogP contribution in [0.2, 0.25) is 0 Å². The normalized spacial score (nSPS) is 14.5. The van der Waals surface area contributed by atoms with Crippen molar-refractivity contribution in [3.8, 4) is 0 Å². The number of nitrogens with two attached hydrogens (primary N) is 1.